The molecule has 1 N–H and O–H groups in total. The lowest BCUT2D eigenvalue weighted by atomic mass is 9.84. The van der Waals surface area contributed by atoms with E-state index in [2.05, 4.69) is 4.72 Å². The molecule has 4 rings (SSSR count). The van der Waals surface area contributed by atoms with Crippen LogP contribution in [0, 0.1) is 5.92 Å². The number of fused-ring (bicyclic) bond motifs is 1. The number of thiophene rings is 1. The second kappa shape index (κ2) is 8.69. The van der Waals surface area contributed by atoms with Crippen molar-refractivity contribution in [2.45, 2.75) is 62.9 Å². The van der Waals surface area contributed by atoms with Gasteiger partial charge in [-0.3, -0.25) is 4.79 Å². The van der Waals surface area contributed by atoms with Gasteiger partial charge in [0.2, 0.25) is 15.9 Å². The topological polar surface area (TPSA) is 75.7 Å². The molecule has 1 amide bonds. The Morgan fingerprint density at radius 1 is 1.27 bits per heavy atom. The van der Waals surface area contributed by atoms with Crippen LogP contribution in [0.1, 0.15) is 49.1 Å². The molecule has 1 aromatic carbocycles. The van der Waals surface area contributed by atoms with Crippen molar-refractivity contribution in [2.75, 3.05) is 6.54 Å². The average molecular weight is 449 g/mol. The fraction of sp³-hybridized carbons (Fsp3) is 0.500. The lowest BCUT2D eigenvalue weighted by molar-refractivity contribution is -0.139. The van der Waals surface area contributed by atoms with E-state index in [1.165, 1.54) is 11.3 Å². The molecule has 2 heterocycles. The molecule has 1 aliphatic heterocycles. The third kappa shape index (κ3) is 4.71. The van der Waals surface area contributed by atoms with Crippen LogP contribution in [0.25, 0.3) is 0 Å². The normalized spacial score (nSPS) is 17.0. The molecule has 2 aliphatic rings. The SMILES string of the molecule is CC(C)Oc1ccc(CNS(=O)(=O)c2cc3c(s2)CCN(C(=O)C2CCC2)C3)cc1. The minimum atomic E-state index is -3.60. The molecule has 2 aromatic rings. The number of ether oxygens (including phenoxy) is 1. The molecule has 0 unspecified atom stereocenters. The first kappa shape index (κ1) is 21.3. The largest absolute Gasteiger partial charge is 0.491 e. The third-order valence-corrected chi connectivity index (χ3v) is 8.75. The maximum Gasteiger partial charge on any atom is 0.250 e. The highest BCUT2D eigenvalue weighted by Crippen LogP contribution is 2.34. The molecule has 30 heavy (non-hydrogen) atoms. The van der Waals surface area contributed by atoms with Crippen LogP contribution in [0.5, 0.6) is 5.75 Å². The van der Waals surface area contributed by atoms with Crippen molar-refractivity contribution in [3.05, 3.63) is 46.3 Å². The molecule has 0 spiro atoms. The first-order valence-electron chi connectivity index (χ1n) is 10.5. The van der Waals surface area contributed by atoms with Crippen LogP contribution in [0.3, 0.4) is 0 Å². The Morgan fingerprint density at radius 2 is 2.00 bits per heavy atom. The van der Waals surface area contributed by atoms with E-state index in [4.69, 9.17) is 4.74 Å². The molecular weight excluding hydrogens is 420 g/mol. The van der Waals surface area contributed by atoms with Crippen molar-refractivity contribution >= 4 is 27.3 Å². The molecule has 1 aromatic heterocycles. The maximum absolute atomic E-state index is 12.8. The number of carbonyl (C=O) groups excluding carboxylic acids is 1. The van der Waals surface area contributed by atoms with Gasteiger partial charge < -0.3 is 9.64 Å². The Kier molecular flexibility index (Phi) is 6.18. The summed E-state index contributed by atoms with van der Waals surface area (Å²) in [4.78, 5) is 15.5. The lowest BCUT2D eigenvalue weighted by Crippen LogP contribution is -2.41. The third-order valence-electron chi connectivity index (χ3n) is 5.64. The van der Waals surface area contributed by atoms with Gasteiger partial charge in [0.15, 0.2) is 0 Å². The Labute approximate surface area is 182 Å². The highest BCUT2D eigenvalue weighted by molar-refractivity contribution is 7.91. The second-order valence-corrected chi connectivity index (χ2v) is 11.4. The Bertz CT molecular complexity index is 1010. The Hall–Kier alpha value is -1.90. The molecule has 8 heteroatoms. The van der Waals surface area contributed by atoms with Crippen molar-refractivity contribution in [2.24, 2.45) is 5.92 Å². The Balaban J connectivity index is 1.39. The second-order valence-electron chi connectivity index (χ2n) is 8.29. The van der Waals surface area contributed by atoms with Gasteiger partial charge in [0.1, 0.15) is 9.96 Å². The van der Waals surface area contributed by atoms with Gasteiger partial charge in [-0.15, -0.1) is 11.3 Å². The molecule has 1 aliphatic carbocycles. The maximum atomic E-state index is 12.8. The van der Waals surface area contributed by atoms with E-state index >= 15 is 0 Å². The quantitative estimate of drug-likeness (QED) is 0.701. The van der Waals surface area contributed by atoms with Crippen molar-refractivity contribution in [1.82, 2.24) is 9.62 Å². The average Bonchev–Trinajstić information content (AvgIpc) is 3.10. The first-order chi connectivity index (χ1) is 14.3. The number of sulfonamides is 1. The summed E-state index contributed by atoms with van der Waals surface area (Å²) < 4.78 is 34.3. The van der Waals surface area contributed by atoms with E-state index in [0.29, 0.717) is 17.3 Å². The number of nitrogens with one attached hydrogen (secondary N) is 1. The highest BCUT2D eigenvalue weighted by atomic mass is 32.2. The highest BCUT2D eigenvalue weighted by Gasteiger charge is 2.32. The number of hydrogen-bond donors (Lipinski definition) is 1. The van der Waals surface area contributed by atoms with Gasteiger partial charge in [-0.2, -0.15) is 0 Å². The number of hydrogen-bond acceptors (Lipinski definition) is 5. The van der Waals surface area contributed by atoms with Crippen molar-refractivity contribution in [3.63, 3.8) is 0 Å². The van der Waals surface area contributed by atoms with Gasteiger partial charge >= 0.3 is 0 Å². The molecule has 1 saturated carbocycles. The van der Waals surface area contributed by atoms with Crippen LogP contribution in [0.2, 0.25) is 0 Å². The van der Waals surface area contributed by atoms with E-state index in [0.717, 1.165) is 47.4 Å². The number of amides is 1. The zero-order chi connectivity index (χ0) is 21.3. The van der Waals surface area contributed by atoms with Crippen LogP contribution in [-0.2, 0) is 34.3 Å². The number of rotatable bonds is 7. The summed E-state index contributed by atoms with van der Waals surface area (Å²) in [5.74, 6) is 1.17. The van der Waals surface area contributed by atoms with E-state index < -0.39 is 10.0 Å². The molecule has 162 valence electrons. The van der Waals surface area contributed by atoms with Crippen molar-refractivity contribution in [3.8, 4) is 5.75 Å². The van der Waals surface area contributed by atoms with E-state index in [1.807, 2.05) is 43.0 Å². The number of nitrogens with zero attached hydrogens (tertiary/aromatic N) is 1. The summed E-state index contributed by atoms with van der Waals surface area (Å²) in [6.45, 7) is 5.35. The predicted octanol–water partition coefficient (Wildman–Crippen LogP) is 3.70. The molecule has 1 fully saturated rings. The summed E-state index contributed by atoms with van der Waals surface area (Å²) in [6, 6.07) is 9.16. The molecule has 0 atom stereocenters. The van der Waals surface area contributed by atoms with E-state index in [9.17, 15) is 13.2 Å². The first-order valence-corrected chi connectivity index (χ1v) is 12.8. The van der Waals surface area contributed by atoms with Crippen molar-refractivity contribution in [1.29, 1.82) is 0 Å². The summed E-state index contributed by atoms with van der Waals surface area (Å²) >= 11 is 1.32. The van der Waals surface area contributed by atoms with Crippen LogP contribution < -0.4 is 9.46 Å². The molecular formula is C22H28N2O4S2. The van der Waals surface area contributed by atoms with Crippen LogP contribution in [-0.4, -0.2) is 31.9 Å². The summed E-state index contributed by atoms with van der Waals surface area (Å²) in [6.07, 6.45) is 3.93. The molecule has 0 radical (unpaired) electrons. The van der Waals surface area contributed by atoms with Crippen LogP contribution >= 0.6 is 11.3 Å². The fourth-order valence-corrected chi connectivity index (χ4v) is 6.35. The van der Waals surface area contributed by atoms with Gasteiger partial charge in [0.05, 0.1) is 6.10 Å². The van der Waals surface area contributed by atoms with Gasteiger partial charge in [0, 0.05) is 30.4 Å². The number of carbonyl (C=O) groups is 1. The van der Waals surface area contributed by atoms with Gasteiger partial charge in [-0.1, -0.05) is 18.6 Å². The fourth-order valence-electron chi connectivity index (χ4n) is 3.75. The zero-order valence-corrected chi connectivity index (χ0v) is 19.0. The minimum Gasteiger partial charge on any atom is -0.491 e. The zero-order valence-electron chi connectivity index (χ0n) is 17.4. The molecule has 0 bridgehead atoms. The summed E-state index contributed by atoms with van der Waals surface area (Å²) in [5.41, 5.74) is 1.84. The van der Waals surface area contributed by atoms with Gasteiger partial charge in [0.25, 0.3) is 0 Å². The van der Waals surface area contributed by atoms with Gasteiger partial charge in [-0.05, 0) is 62.4 Å². The minimum absolute atomic E-state index is 0.0964. The Morgan fingerprint density at radius 3 is 2.63 bits per heavy atom. The molecule has 6 nitrogen and oxygen atoms in total. The van der Waals surface area contributed by atoms with E-state index in [-0.39, 0.29) is 24.5 Å². The van der Waals surface area contributed by atoms with Gasteiger partial charge in [-0.25, -0.2) is 13.1 Å². The van der Waals surface area contributed by atoms with Crippen LogP contribution in [0.4, 0.5) is 0 Å². The van der Waals surface area contributed by atoms with Crippen molar-refractivity contribution < 1.29 is 17.9 Å². The number of benzene rings is 1. The standard InChI is InChI=1S/C22H28N2O4S2/c1-15(2)28-19-8-6-16(7-9-19)13-23-30(26,27)21-12-18-14-24(11-10-20(18)29-21)22(25)17-4-3-5-17/h6-9,12,15,17,23H,3-5,10-11,13-14H2,1-2H3. The van der Waals surface area contributed by atoms with Crippen LogP contribution in [0.15, 0.2) is 34.5 Å². The summed E-state index contributed by atoms with van der Waals surface area (Å²) in [5, 5.41) is 0. The summed E-state index contributed by atoms with van der Waals surface area (Å²) in [7, 11) is -3.60. The molecule has 0 saturated heterocycles. The smallest absolute Gasteiger partial charge is 0.250 e. The lowest BCUT2D eigenvalue weighted by Gasteiger charge is -2.33. The predicted molar refractivity (Wildman–Crippen MR) is 117 cm³/mol. The van der Waals surface area contributed by atoms with E-state index in [1.54, 1.807) is 6.07 Å². The monoisotopic (exact) mass is 448 g/mol.